The van der Waals surface area contributed by atoms with Crippen molar-refractivity contribution in [2.45, 2.75) is 46.6 Å². The fourth-order valence-electron chi connectivity index (χ4n) is 1.39. The van der Waals surface area contributed by atoms with E-state index in [-0.39, 0.29) is 12.9 Å². The molecule has 100 valence electrons. The molecule has 0 saturated carbocycles. The summed E-state index contributed by atoms with van der Waals surface area (Å²) in [4.78, 5) is 0. The van der Waals surface area contributed by atoms with E-state index < -0.39 is 0 Å². The minimum absolute atomic E-state index is 0. The standard InChI is InChI=1S/C12H17N.C3H8.H2O.H2/c1-9(2)7-12(13)11-6-4-5-10(3)8-11;1-3-2;;/h4-6,8,12H,1,7,13H2,2-3H3;3H2,1-2H3;1H2;1H/t12-;;;/m1.../s1. The molecule has 1 rings (SSSR count). The van der Waals surface area contributed by atoms with Gasteiger partial charge in [0.15, 0.2) is 0 Å². The molecule has 0 aliphatic rings. The predicted octanol–water partition coefficient (Wildman–Crippen LogP) is 3.80. The lowest BCUT2D eigenvalue weighted by Crippen LogP contribution is -2.10. The first-order valence-corrected chi connectivity index (χ1v) is 5.97. The van der Waals surface area contributed by atoms with Crippen LogP contribution in [0.25, 0.3) is 0 Å². The molecule has 0 bridgehead atoms. The van der Waals surface area contributed by atoms with Gasteiger partial charge in [0.05, 0.1) is 0 Å². The molecule has 2 nitrogen and oxygen atoms in total. The van der Waals surface area contributed by atoms with Gasteiger partial charge in [0.1, 0.15) is 0 Å². The minimum atomic E-state index is 0. The molecule has 1 aromatic carbocycles. The third-order valence-electron chi connectivity index (χ3n) is 2.04. The van der Waals surface area contributed by atoms with Crippen LogP contribution in [0.5, 0.6) is 0 Å². The second kappa shape index (κ2) is 10.1. The highest BCUT2D eigenvalue weighted by Crippen LogP contribution is 2.18. The van der Waals surface area contributed by atoms with Gasteiger partial charge in [0, 0.05) is 7.47 Å². The summed E-state index contributed by atoms with van der Waals surface area (Å²) < 4.78 is 0. The summed E-state index contributed by atoms with van der Waals surface area (Å²) >= 11 is 0. The van der Waals surface area contributed by atoms with Gasteiger partial charge in [0.2, 0.25) is 0 Å². The number of benzene rings is 1. The van der Waals surface area contributed by atoms with Gasteiger partial charge in [-0.15, -0.1) is 6.58 Å². The molecule has 1 atom stereocenters. The molecule has 0 fully saturated rings. The minimum Gasteiger partial charge on any atom is -0.412 e. The maximum Gasteiger partial charge on any atom is 0.0332 e. The first kappa shape index (κ1) is 18.3. The zero-order chi connectivity index (χ0) is 12.6. The zero-order valence-corrected chi connectivity index (χ0v) is 11.6. The van der Waals surface area contributed by atoms with Crippen LogP contribution < -0.4 is 5.73 Å². The monoisotopic (exact) mass is 239 g/mol. The third-order valence-corrected chi connectivity index (χ3v) is 2.04. The number of rotatable bonds is 3. The van der Waals surface area contributed by atoms with E-state index in [9.17, 15) is 0 Å². The Kier molecular flexibility index (Phi) is 10.8. The molecule has 1 aromatic rings. The number of nitrogens with two attached hydrogens (primary N) is 1. The summed E-state index contributed by atoms with van der Waals surface area (Å²) in [7, 11) is 0. The van der Waals surface area contributed by atoms with Crippen molar-refractivity contribution in [3.8, 4) is 0 Å². The Labute approximate surface area is 107 Å². The van der Waals surface area contributed by atoms with E-state index in [0.29, 0.717) is 0 Å². The molecule has 0 aromatic heterocycles. The van der Waals surface area contributed by atoms with E-state index in [1.807, 2.05) is 13.0 Å². The summed E-state index contributed by atoms with van der Waals surface area (Å²) in [5, 5.41) is 0. The molecule has 0 radical (unpaired) electrons. The molecule has 0 heterocycles. The van der Waals surface area contributed by atoms with Crippen molar-refractivity contribution >= 4 is 0 Å². The molecule has 0 aliphatic carbocycles. The topological polar surface area (TPSA) is 57.5 Å². The lowest BCUT2D eigenvalue weighted by atomic mass is 10.00. The number of hydrogen-bond acceptors (Lipinski definition) is 1. The van der Waals surface area contributed by atoms with Crippen LogP contribution in [0.15, 0.2) is 36.4 Å². The normalized spacial score (nSPS) is 10.6. The fraction of sp³-hybridized carbons (Fsp3) is 0.467. The van der Waals surface area contributed by atoms with Crippen LogP contribution in [-0.4, -0.2) is 5.48 Å². The number of hydrogen-bond donors (Lipinski definition) is 1. The van der Waals surface area contributed by atoms with Crippen molar-refractivity contribution < 1.29 is 6.90 Å². The van der Waals surface area contributed by atoms with Crippen LogP contribution in [0.3, 0.4) is 0 Å². The second-order valence-electron chi connectivity index (χ2n) is 4.39. The summed E-state index contributed by atoms with van der Waals surface area (Å²) in [6.45, 7) is 12.2. The quantitative estimate of drug-likeness (QED) is 0.801. The van der Waals surface area contributed by atoms with Crippen molar-refractivity contribution in [1.29, 1.82) is 0 Å². The average Bonchev–Trinajstić information content (AvgIpc) is 2.18. The average molecular weight is 239 g/mol. The molecule has 0 unspecified atom stereocenters. The Morgan fingerprint density at radius 2 is 1.94 bits per heavy atom. The molecular weight excluding hydrogens is 210 g/mol. The van der Waals surface area contributed by atoms with E-state index in [1.165, 1.54) is 17.5 Å². The summed E-state index contributed by atoms with van der Waals surface area (Å²) in [5.41, 5.74) is 9.59. The van der Waals surface area contributed by atoms with Crippen LogP contribution in [0.1, 0.15) is 52.2 Å². The van der Waals surface area contributed by atoms with Crippen LogP contribution in [0.2, 0.25) is 0 Å². The van der Waals surface area contributed by atoms with Crippen LogP contribution in [0, 0.1) is 6.92 Å². The highest BCUT2D eigenvalue weighted by molar-refractivity contribution is 5.25. The molecule has 4 N–H and O–H groups in total. The molecule has 0 spiro atoms. The van der Waals surface area contributed by atoms with E-state index in [1.54, 1.807) is 0 Å². The Hall–Kier alpha value is -1.12. The molecule has 0 amide bonds. The summed E-state index contributed by atoms with van der Waals surface area (Å²) in [5.74, 6) is 0. The van der Waals surface area contributed by atoms with E-state index in [4.69, 9.17) is 5.73 Å². The lowest BCUT2D eigenvalue weighted by Gasteiger charge is -2.12. The lowest BCUT2D eigenvalue weighted by molar-refractivity contribution is 0.716. The maximum absolute atomic E-state index is 6.00. The van der Waals surface area contributed by atoms with E-state index >= 15 is 0 Å². The van der Waals surface area contributed by atoms with E-state index in [2.05, 4.69) is 45.5 Å². The predicted molar refractivity (Wildman–Crippen MR) is 79.2 cm³/mol. The van der Waals surface area contributed by atoms with Crippen molar-refractivity contribution in [3.63, 3.8) is 0 Å². The Morgan fingerprint density at radius 3 is 2.35 bits per heavy atom. The van der Waals surface area contributed by atoms with Gasteiger partial charge in [0.25, 0.3) is 0 Å². The van der Waals surface area contributed by atoms with Crippen LogP contribution in [-0.2, 0) is 0 Å². The van der Waals surface area contributed by atoms with Gasteiger partial charge in [-0.1, -0.05) is 55.7 Å². The molecule has 0 aliphatic heterocycles. The Morgan fingerprint density at radius 1 is 1.41 bits per heavy atom. The molecule has 2 heteroatoms. The highest BCUT2D eigenvalue weighted by Gasteiger charge is 2.05. The van der Waals surface area contributed by atoms with Gasteiger partial charge < -0.3 is 11.2 Å². The zero-order valence-electron chi connectivity index (χ0n) is 11.6. The van der Waals surface area contributed by atoms with Gasteiger partial charge in [-0.3, -0.25) is 0 Å². The van der Waals surface area contributed by atoms with Crippen LogP contribution in [0.4, 0.5) is 0 Å². The Bertz CT molecular complexity index is 326. The van der Waals surface area contributed by atoms with Crippen molar-refractivity contribution in [2.24, 2.45) is 5.73 Å². The van der Waals surface area contributed by atoms with Crippen molar-refractivity contribution in [2.75, 3.05) is 0 Å². The summed E-state index contributed by atoms with van der Waals surface area (Å²) in [6, 6.07) is 8.42. The molecule has 0 saturated heterocycles. The first-order chi connectivity index (χ1) is 7.51. The molecule has 17 heavy (non-hydrogen) atoms. The van der Waals surface area contributed by atoms with Gasteiger partial charge >= 0.3 is 0 Å². The van der Waals surface area contributed by atoms with Gasteiger partial charge in [-0.05, 0) is 25.8 Å². The Balaban J connectivity index is -0.000000410. The number of aryl methyl sites for hydroxylation is 1. The SMILES string of the molecule is C=C(C)C[C@@H](N)c1cccc(C)c1.CCC.O.[HH]. The largest absolute Gasteiger partial charge is 0.412 e. The van der Waals surface area contributed by atoms with Gasteiger partial charge in [-0.25, -0.2) is 0 Å². The van der Waals surface area contributed by atoms with E-state index in [0.717, 1.165) is 12.0 Å². The van der Waals surface area contributed by atoms with Gasteiger partial charge in [-0.2, -0.15) is 0 Å². The fourth-order valence-corrected chi connectivity index (χ4v) is 1.39. The third kappa shape index (κ3) is 8.66. The summed E-state index contributed by atoms with van der Waals surface area (Å²) in [6.07, 6.45) is 2.11. The first-order valence-electron chi connectivity index (χ1n) is 5.97. The van der Waals surface area contributed by atoms with Crippen LogP contribution >= 0.6 is 0 Å². The van der Waals surface area contributed by atoms with Crippen molar-refractivity contribution in [3.05, 3.63) is 47.5 Å². The maximum atomic E-state index is 6.00. The highest BCUT2D eigenvalue weighted by atomic mass is 16.0. The molecular formula is C15H29NO. The second-order valence-corrected chi connectivity index (χ2v) is 4.39. The smallest absolute Gasteiger partial charge is 0.0332 e. The van der Waals surface area contributed by atoms with Crippen molar-refractivity contribution in [1.82, 2.24) is 0 Å².